The van der Waals surface area contributed by atoms with E-state index >= 15 is 0 Å². The molecule has 0 unspecified atom stereocenters. The second kappa shape index (κ2) is 5.92. The third kappa shape index (κ3) is 3.22. The van der Waals surface area contributed by atoms with Gasteiger partial charge in [0.05, 0.1) is 11.4 Å². The summed E-state index contributed by atoms with van der Waals surface area (Å²) < 4.78 is 5.27. The Bertz CT molecular complexity index is 658. The standard InChI is InChI=1S/C17H23N5O/c1-12-9-15(23-20-12)7-8-21(2)14-10-22(11-14)17-6-5-16(18-19-17)13-3-4-13/h5-6,9,13-14H,3-4,7-8,10-11H2,1-2H3. The molecule has 0 N–H and O–H groups in total. The number of anilines is 1. The van der Waals surface area contributed by atoms with Gasteiger partial charge in [-0.2, -0.15) is 5.10 Å². The van der Waals surface area contributed by atoms with Crippen molar-refractivity contribution in [2.45, 2.75) is 38.1 Å². The summed E-state index contributed by atoms with van der Waals surface area (Å²) in [6.07, 6.45) is 3.45. The molecule has 2 aromatic heterocycles. The van der Waals surface area contributed by atoms with E-state index in [9.17, 15) is 0 Å². The first-order valence-electron chi connectivity index (χ1n) is 8.40. The Hall–Kier alpha value is -1.95. The number of hydrogen-bond acceptors (Lipinski definition) is 6. The highest BCUT2D eigenvalue weighted by atomic mass is 16.5. The molecule has 0 aromatic carbocycles. The highest BCUT2D eigenvalue weighted by molar-refractivity contribution is 5.42. The molecule has 1 aliphatic carbocycles. The van der Waals surface area contributed by atoms with Gasteiger partial charge in [0.15, 0.2) is 5.82 Å². The van der Waals surface area contributed by atoms with Crippen molar-refractivity contribution >= 4 is 5.82 Å². The second-order valence-corrected chi connectivity index (χ2v) is 6.81. The molecule has 23 heavy (non-hydrogen) atoms. The molecular weight excluding hydrogens is 290 g/mol. The third-order valence-electron chi connectivity index (χ3n) is 4.86. The predicted octanol–water partition coefficient (Wildman–Crippen LogP) is 2.01. The molecule has 3 heterocycles. The van der Waals surface area contributed by atoms with Crippen molar-refractivity contribution in [1.82, 2.24) is 20.3 Å². The summed E-state index contributed by atoms with van der Waals surface area (Å²) in [6, 6.07) is 6.85. The second-order valence-electron chi connectivity index (χ2n) is 6.81. The van der Waals surface area contributed by atoms with Crippen LogP contribution in [0.4, 0.5) is 5.82 Å². The summed E-state index contributed by atoms with van der Waals surface area (Å²) in [4.78, 5) is 4.68. The zero-order valence-corrected chi connectivity index (χ0v) is 13.8. The highest BCUT2D eigenvalue weighted by Gasteiger charge is 2.31. The van der Waals surface area contributed by atoms with Gasteiger partial charge in [0.25, 0.3) is 0 Å². The summed E-state index contributed by atoms with van der Waals surface area (Å²) >= 11 is 0. The summed E-state index contributed by atoms with van der Waals surface area (Å²) in [5, 5.41) is 12.7. The van der Waals surface area contributed by atoms with Gasteiger partial charge in [0, 0.05) is 44.1 Å². The molecule has 0 amide bonds. The Morgan fingerprint density at radius 1 is 1.26 bits per heavy atom. The fourth-order valence-electron chi connectivity index (χ4n) is 3.03. The lowest BCUT2D eigenvalue weighted by atomic mass is 10.1. The maximum absolute atomic E-state index is 5.27. The van der Waals surface area contributed by atoms with E-state index in [0.717, 1.165) is 49.0 Å². The first-order valence-corrected chi connectivity index (χ1v) is 8.40. The van der Waals surface area contributed by atoms with Crippen LogP contribution in [-0.4, -0.2) is 53.0 Å². The normalized spacial score (nSPS) is 18.5. The number of likely N-dealkylation sites (N-methyl/N-ethyl adjacent to an activating group) is 1. The molecule has 6 nitrogen and oxygen atoms in total. The Kier molecular flexibility index (Phi) is 3.77. The van der Waals surface area contributed by atoms with Crippen LogP contribution in [0, 0.1) is 6.92 Å². The van der Waals surface area contributed by atoms with Gasteiger partial charge in [-0.05, 0) is 38.9 Å². The Morgan fingerprint density at radius 2 is 2.09 bits per heavy atom. The molecule has 0 atom stereocenters. The first-order chi connectivity index (χ1) is 11.2. The van der Waals surface area contributed by atoms with Gasteiger partial charge < -0.3 is 9.42 Å². The van der Waals surface area contributed by atoms with Crippen molar-refractivity contribution < 1.29 is 4.52 Å². The molecule has 4 rings (SSSR count). The zero-order valence-electron chi connectivity index (χ0n) is 13.8. The van der Waals surface area contributed by atoms with Crippen LogP contribution in [0.1, 0.15) is 35.9 Å². The molecule has 0 bridgehead atoms. The number of hydrogen-bond donors (Lipinski definition) is 0. The fraction of sp³-hybridized carbons (Fsp3) is 0.588. The average molecular weight is 313 g/mol. The van der Waals surface area contributed by atoms with E-state index in [0.29, 0.717) is 12.0 Å². The lowest BCUT2D eigenvalue weighted by Gasteiger charge is -2.44. The molecule has 1 saturated carbocycles. The molecule has 2 fully saturated rings. The third-order valence-corrected chi connectivity index (χ3v) is 4.86. The van der Waals surface area contributed by atoms with Gasteiger partial charge in [-0.15, -0.1) is 5.10 Å². The van der Waals surface area contributed by atoms with Crippen LogP contribution >= 0.6 is 0 Å². The van der Waals surface area contributed by atoms with E-state index in [-0.39, 0.29) is 0 Å². The minimum atomic E-state index is 0.573. The Balaban J connectivity index is 1.25. The van der Waals surface area contributed by atoms with Crippen molar-refractivity contribution in [3.8, 4) is 0 Å². The van der Waals surface area contributed by atoms with Crippen molar-refractivity contribution in [2.24, 2.45) is 0 Å². The number of nitrogens with zero attached hydrogens (tertiary/aromatic N) is 5. The lowest BCUT2D eigenvalue weighted by Crippen LogP contribution is -2.59. The van der Waals surface area contributed by atoms with Crippen LogP contribution in [-0.2, 0) is 6.42 Å². The van der Waals surface area contributed by atoms with Gasteiger partial charge >= 0.3 is 0 Å². The van der Waals surface area contributed by atoms with E-state index in [1.165, 1.54) is 12.8 Å². The minimum Gasteiger partial charge on any atom is -0.361 e. The van der Waals surface area contributed by atoms with Gasteiger partial charge in [-0.1, -0.05) is 5.16 Å². The first kappa shape index (κ1) is 14.6. The highest BCUT2D eigenvalue weighted by Crippen LogP contribution is 2.38. The molecule has 122 valence electrons. The molecule has 0 spiro atoms. The predicted molar refractivity (Wildman–Crippen MR) is 87.6 cm³/mol. The maximum atomic E-state index is 5.27. The minimum absolute atomic E-state index is 0.573. The topological polar surface area (TPSA) is 58.3 Å². The molecule has 2 aromatic rings. The number of rotatable bonds is 6. The number of aromatic nitrogens is 3. The molecule has 1 aliphatic heterocycles. The molecular formula is C17H23N5O. The number of aryl methyl sites for hydroxylation is 1. The Morgan fingerprint density at radius 3 is 2.70 bits per heavy atom. The van der Waals surface area contributed by atoms with E-state index in [1.54, 1.807) is 0 Å². The van der Waals surface area contributed by atoms with Crippen molar-refractivity contribution in [1.29, 1.82) is 0 Å². The maximum Gasteiger partial charge on any atom is 0.151 e. The van der Waals surface area contributed by atoms with Crippen LogP contribution in [0.5, 0.6) is 0 Å². The van der Waals surface area contributed by atoms with Gasteiger partial charge in [0.2, 0.25) is 0 Å². The van der Waals surface area contributed by atoms with E-state index in [4.69, 9.17) is 4.52 Å². The van der Waals surface area contributed by atoms with Crippen molar-refractivity contribution in [2.75, 3.05) is 31.6 Å². The molecule has 1 saturated heterocycles. The zero-order chi connectivity index (χ0) is 15.8. The largest absolute Gasteiger partial charge is 0.361 e. The van der Waals surface area contributed by atoms with Gasteiger partial charge in [-0.3, -0.25) is 4.90 Å². The van der Waals surface area contributed by atoms with E-state index in [2.05, 4.69) is 44.3 Å². The van der Waals surface area contributed by atoms with Crippen LogP contribution in [0.2, 0.25) is 0 Å². The SMILES string of the molecule is Cc1cc(CCN(C)C2CN(c3ccc(C4CC4)nn3)C2)on1. The quantitative estimate of drug-likeness (QED) is 0.813. The van der Waals surface area contributed by atoms with Gasteiger partial charge in [-0.25, -0.2) is 0 Å². The molecule has 6 heteroatoms. The van der Waals surface area contributed by atoms with Crippen LogP contribution in [0.15, 0.2) is 22.7 Å². The lowest BCUT2D eigenvalue weighted by molar-refractivity contribution is 0.201. The van der Waals surface area contributed by atoms with Crippen molar-refractivity contribution in [3.63, 3.8) is 0 Å². The van der Waals surface area contributed by atoms with Crippen LogP contribution in [0.25, 0.3) is 0 Å². The summed E-state index contributed by atoms with van der Waals surface area (Å²) in [5.41, 5.74) is 2.11. The van der Waals surface area contributed by atoms with Gasteiger partial charge in [0.1, 0.15) is 5.76 Å². The van der Waals surface area contributed by atoms with Crippen LogP contribution in [0.3, 0.4) is 0 Å². The van der Waals surface area contributed by atoms with E-state index < -0.39 is 0 Å². The van der Waals surface area contributed by atoms with Crippen LogP contribution < -0.4 is 4.90 Å². The fourth-order valence-corrected chi connectivity index (χ4v) is 3.03. The Labute approximate surface area is 136 Å². The monoisotopic (exact) mass is 313 g/mol. The molecule has 0 radical (unpaired) electrons. The summed E-state index contributed by atoms with van der Waals surface area (Å²) in [7, 11) is 2.17. The van der Waals surface area contributed by atoms with Crippen molar-refractivity contribution in [3.05, 3.63) is 35.3 Å². The summed E-state index contributed by atoms with van der Waals surface area (Å²) in [5.74, 6) is 2.64. The summed E-state index contributed by atoms with van der Waals surface area (Å²) in [6.45, 7) is 4.97. The molecule has 2 aliphatic rings. The average Bonchev–Trinajstić information content (AvgIpc) is 3.27. The van der Waals surface area contributed by atoms with E-state index in [1.807, 2.05) is 13.0 Å². The smallest absolute Gasteiger partial charge is 0.151 e.